The highest BCUT2D eigenvalue weighted by Crippen LogP contribution is 2.32. The zero-order valence-corrected chi connectivity index (χ0v) is 21.0. The topological polar surface area (TPSA) is 108 Å². The number of hydrogen-bond donors (Lipinski definition) is 3. The molecule has 38 heavy (non-hydrogen) atoms. The minimum atomic E-state index is -0.302. The summed E-state index contributed by atoms with van der Waals surface area (Å²) in [6.45, 7) is 8.43. The number of nitrogens with one attached hydrogen (secondary N) is 3. The number of rotatable bonds is 7. The smallest absolute Gasteiger partial charge is 0.178 e. The highest BCUT2D eigenvalue weighted by Gasteiger charge is 2.17. The van der Waals surface area contributed by atoms with Gasteiger partial charge < -0.3 is 10.3 Å². The molecule has 0 spiro atoms. The van der Waals surface area contributed by atoms with Gasteiger partial charge in [0.25, 0.3) is 0 Å². The number of imidazole rings is 1. The molecule has 0 amide bonds. The lowest BCUT2D eigenvalue weighted by Gasteiger charge is -2.12. The maximum Gasteiger partial charge on any atom is 0.178 e. The molecule has 0 atom stereocenters. The summed E-state index contributed by atoms with van der Waals surface area (Å²) in [6.07, 6.45) is 7.84. The summed E-state index contributed by atoms with van der Waals surface area (Å²) in [5.41, 5.74) is 7.61. The summed E-state index contributed by atoms with van der Waals surface area (Å²) < 4.78 is 13.9. The number of aromatic amines is 2. The van der Waals surface area contributed by atoms with Crippen LogP contribution < -0.4 is 5.32 Å². The number of halogens is 1. The van der Waals surface area contributed by atoms with E-state index in [2.05, 4.69) is 55.9 Å². The Morgan fingerprint density at radius 1 is 1.05 bits per heavy atom. The molecule has 188 valence electrons. The van der Waals surface area contributed by atoms with Crippen LogP contribution in [0.5, 0.6) is 0 Å². The first-order chi connectivity index (χ1) is 18.4. The van der Waals surface area contributed by atoms with Crippen molar-refractivity contribution in [2.75, 3.05) is 5.32 Å². The lowest BCUT2D eigenvalue weighted by atomic mass is 10.1. The second-order valence-corrected chi connectivity index (χ2v) is 9.63. The molecule has 0 unspecified atom stereocenters. The Labute approximate surface area is 218 Å². The van der Waals surface area contributed by atoms with Crippen LogP contribution in [0.2, 0.25) is 0 Å². The zero-order valence-electron chi connectivity index (χ0n) is 21.0. The predicted molar refractivity (Wildman–Crippen MR) is 148 cm³/mol. The van der Waals surface area contributed by atoms with Crippen molar-refractivity contribution in [2.24, 2.45) is 5.92 Å². The van der Waals surface area contributed by atoms with E-state index < -0.39 is 0 Å². The van der Waals surface area contributed by atoms with Crippen molar-refractivity contribution in [3.05, 3.63) is 85.3 Å². The van der Waals surface area contributed by atoms with Crippen LogP contribution in [0.25, 0.3) is 56.0 Å². The number of fused-ring (bicyclic) bond motifs is 2. The lowest BCUT2D eigenvalue weighted by molar-refractivity contribution is 0.628. The Hall–Kier alpha value is -4.92. The first-order valence-corrected chi connectivity index (χ1v) is 12.3. The van der Waals surface area contributed by atoms with E-state index >= 15 is 0 Å². The minimum Gasteiger partial charge on any atom is -0.358 e. The largest absolute Gasteiger partial charge is 0.358 e. The molecule has 0 fully saturated rings. The van der Waals surface area contributed by atoms with Crippen LogP contribution >= 0.6 is 0 Å². The SMILES string of the molecule is C=C(CC(C)C)Nc1cncc(-c2cc3c(-c4nc5nccc(-c6cccc(F)c6)c5[nH]4)n[nH]c3cn2)c1. The van der Waals surface area contributed by atoms with Crippen LogP contribution in [-0.2, 0) is 0 Å². The van der Waals surface area contributed by atoms with Crippen LogP contribution in [0.4, 0.5) is 10.1 Å². The molecule has 8 nitrogen and oxygen atoms in total. The van der Waals surface area contributed by atoms with E-state index in [4.69, 9.17) is 4.98 Å². The van der Waals surface area contributed by atoms with Crippen LogP contribution in [0.1, 0.15) is 20.3 Å². The summed E-state index contributed by atoms with van der Waals surface area (Å²) in [7, 11) is 0. The van der Waals surface area contributed by atoms with Crippen molar-refractivity contribution in [3.63, 3.8) is 0 Å². The molecule has 0 aliphatic heterocycles. The summed E-state index contributed by atoms with van der Waals surface area (Å²) in [6, 6.07) is 12.3. The molecule has 5 aromatic heterocycles. The van der Waals surface area contributed by atoms with Gasteiger partial charge in [-0.25, -0.2) is 14.4 Å². The third-order valence-corrected chi connectivity index (χ3v) is 6.21. The molecule has 0 radical (unpaired) electrons. The third-order valence-electron chi connectivity index (χ3n) is 6.21. The molecule has 0 saturated carbocycles. The second kappa shape index (κ2) is 9.51. The number of hydrogen-bond acceptors (Lipinski definition) is 6. The van der Waals surface area contributed by atoms with Crippen LogP contribution in [0, 0.1) is 11.7 Å². The Kier molecular flexibility index (Phi) is 5.88. The van der Waals surface area contributed by atoms with Gasteiger partial charge in [-0.05, 0) is 48.2 Å². The van der Waals surface area contributed by atoms with Crippen LogP contribution in [0.15, 0.2) is 79.5 Å². The van der Waals surface area contributed by atoms with Crippen molar-refractivity contribution in [3.8, 4) is 33.9 Å². The summed E-state index contributed by atoms with van der Waals surface area (Å²) in [4.78, 5) is 21.5. The fourth-order valence-corrected chi connectivity index (χ4v) is 4.57. The first-order valence-electron chi connectivity index (χ1n) is 12.3. The van der Waals surface area contributed by atoms with E-state index in [0.29, 0.717) is 28.6 Å². The predicted octanol–water partition coefficient (Wildman–Crippen LogP) is 6.74. The van der Waals surface area contributed by atoms with Crippen molar-refractivity contribution in [1.29, 1.82) is 0 Å². The van der Waals surface area contributed by atoms with Crippen molar-refractivity contribution < 1.29 is 4.39 Å². The van der Waals surface area contributed by atoms with Crippen LogP contribution in [-0.4, -0.2) is 35.1 Å². The molecular weight excluding hydrogens is 479 g/mol. The number of nitrogens with zero attached hydrogens (tertiary/aromatic N) is 5. The van der Waals surface area contributed by atoms with Crippen molar-refractivity contribution >= 4 is 27.8 Å². The van der Waals surface area contributed by atoms with E-state index in [1.165, 1.54) is 12.1 Å². The normalized spacial score (nSPS) is 11.5. The van der Waals surface area contributed by atoms with Gasteiger partial charge in [0, 0.05) is 34.6 Å². The second-order valence-electron chi connectivity index (χ2n) is 9.63. The first kappa shape index (κ1) is 23.5. The number of anilines is 1. The van der Waals surface area contributed by atoms with E-state index in [-0.39, 0.29) is 5.82 Å². The molecular formula is C29H25FN8. The Balaban J connectivity index is 1.38. The highest BCUT2D eigenvalue weighted by atomic mass is 19.1. The number of aromatic nitrogens is 7. The average Bonchev–Trinajstić information content (AvgIpc) is 3.52. The molecule has 9 heteroatoms. The number of pyridine rings is 3. The van der Waals surface area contributed by atoms with Crippen molar-refractivity contribution in [2.45, 2.75) is 20.3 Å². The van der Waals surface area contributed by atoms with Gasteiger partial charge in [0.1, 0.15) is 11.5 Å². The molecule has 6 aromatic rings. The standard InChI is InChI=1S/C29H25FN8/c1-16(2)9-17(3)34-21-11-19(13-31-14-21)24-12-23-25(15-33-24)37-38-27(23)29-35-26-22(7-8-32-28(26)36-29)18-5-4-6-20(30)10-18/h4-8,10-16,34H,3,9H2,1-2H3,(H,37,38)(H,32,35,36). The molecule has 3 N–H and O–H groups in total. The fraction of sp³-hybridized carbons (Fsp3) is 0.138. The van der Waals surface area contributed by atoms with E-state index in [0.717, 1.165) is 51.1 Å². The maximum absolute atomic E-state index is 13.9. The molecule has 0 saturated heterocycles. The van der Waals surface area contributed by atoms with E-state index in [9.17, 15) is 4.39 Å². The molecule has 0 aliphatic carbocycles. The van der Waals surface area contributed by atoms with Gasteiger partial charge in [-0.1, -0.05) is 32.6 Å². The Morgan fingerprint density at radius 2 is 1.95 bits per heavy atom. The molecule has 5 heterocycles. The summed E-state index contributed by atoms with van der Waals surface area (Å²) >= 11 is 0. The average molecular weight is 505 g/mol. The molecule has 6 rings (SSSR count). The van der Waals surface area contributed by atoms with E-state index in [1.54, 1.807) is 30.9 Å². The molecule has 0 aliphatic rings. The lowest BCUT2D eigenvalue weighted by Crippen LogP contribution is -2.02. The molecule has 0 bridgehead atoms. The van der Waals surface area contributed by atoms with Crippen molar-refractivity contribution in [1.82, 2.24) is 35.1 Å². The van der Waals surface area contributed by atoms with Gasteiger partial charge >= 0.3 is 0 Å². The van der Waals surface area contributed by atoms with E-state index in [1.807, 2.05) is 24.3 Å². The van der Waals surface area contributed by atoms with Gasteiger partial charge in [-0.3, -0.25) is 15.1 Å². The summed E-state index contributed by atoms with van der Waals surface area (Å²) in [5, 5.41) is 11.7. The quantitative estimate of drug-likeness (QED) is 0.222. The number of benzene rings is 1. The number of allylic oxidation sites excluding steroid dienone is 1. The highest BCUT2D eigenvalue weighted by molar-refractivity contribution is 5.96. The van der Waals surface area contributed by atoms with Gasteiger partial charge in [-0.2, -0.15) is 5.10 Å². The Bertz CT molecular complexity index is 1800. The maximum atomic E-state index is 13.9. The van der Waals surface area contributed by atoms with Crippen LogP contribution in [0.3, 0.4) is 0 Å². The molecule has 1 aromatic carbocycles. The van der Waals surface area contributed by atoms with Gasteiger partial charge in [0.15, 0.2) is 11.5 Å². The summed E-state index contributed by atoms with van der Waals surface area (Å²) in [5.74, 6) is 0.759. The van der Waals surface area contributed by atoms with Gasteiger partial charge in [0.2, 0.25) is 0 Å². The Morgan fingerprint density at radius 3 is 2.79 bits per heavy atom. The third kappa shape index (κ3) is 4.50. The van der Waals surface area contributed by atoms with Gasteiger partial charge in [-0.15, -0.1) is 0 Å². The monoisotopic (exact) mass is 504 g/mol. The number of H-pyrrole nitrogens is 2. The van der Waals surface area contributed by atoms with Gasteiger partial charge in [0.05, 0.1) is 34.8 Å². The fourth-order valence-electron chi connectivity index (χ4n) is 4.57. The minimum absolute atomic E-state index is 0.302. The zero-order chi connectivity index (χ0) is 26.2.